The van der Waals surface area contributed by atoms with Gasteiger partial charge < -0.3 is 15.3 Å². The number of aliphatic hydroxyl groups is 1. The molecule has 1 saturated heterocycles. The number of amides is 1. The van der Waals surface area contributed by atoms with Gasteiger partial charge in [0, 0.05) is 38.0 Å². The first kappa shape index (κ1) is 14.0. The van der Waals surface area contributed by atoms with Crippen LogP contribution in [-0.2, 0) is 4.79 Å². The summed E-state index contributed by atoms with van der Waals surface area (Å²) in [4.78, 5) is 19.3. The Labute approximate surface area is 121 Å². The van der Waals surface area contributed by atoms with Gasteiger partial charge in [-0.05, 0) is 12.5 Å². The van der Waals surface area contributed by atoms with Gasteiger partial charge in [-0.1, -0.05) is 0 Å². The molecule has 7 heteroatoms. The number of carbonyl (C=O) groups excluding carboxylic acids is 1. The van der Waals surface area contributed by atoms with Crippen LogP contribution in [0.15, 0.2) is 24.5 Å². The fraction of sp³-hybridized carbons (Fsp3) is 0.429. The minimum Gasteiger partial charge on any atom is -0.392 e. The number of β-amino-alcohol motifs (C(OH)–C–C–N with tert-alkyl or cyclic N) is 1. The van der Waals surface area contributed by atoms with E-state index in [2.05, 4.69) is 10.3 Å². The molecule has 0 aromatic carbocycles. The molecule has 1 unspecified atom stereocenters. The molecule has 1 amide bonds. The van der Waals surface area contributed by atoms with Crippen LogP contribution in [0.1, 0.15) is 12.0 Å². The standard InChI is InChI=1S/C14H17FN4O2/c1-18-13(21)6-12(10-2-4-16-7-11(10)15)17-14(18)19-5-3-9(20)8-19/h2,4,6-7,9,14,17,20H,3,5,8H2,1H3/t9-,14?/m1/s1. The SMILES string of the molecule is CN1C(=O)C=C(c2ccncc2F)NC1N1CC[C@@H](O)C1. The predicted octanol–water partition coefficient (Wildman–Crippen LogP) is -0.0266. The summed E-state index contributed by atoms with van der Waals surface area (Å²) in [7, 11) is 1.68. The monoisotopic (exact) mass is 292 g/mol. The summed E-state index contributed by atoms with van der Waals surface area (Å²) in [6, 6.07) is 1.53. The zero-order chi connectivity index (χ0) is 15.0. The Kier molecular flexibility index (Phi) is 3.60. The van der Waals surface area contributed by atoms with E-state index < -0.39 is 5.82 Å². The smallest absolute Gasteiger partial charge is 0.251 e. The number of aliphatic hydroxyl groups excluding tert-OH is 1. The Balaban J connectivity index is 1.88. The van der Waals surface area contributed by atoms with Gasteiger partial charge in [-0.25, -0.2) is 4.39 Å². The number of pyridine rings is 1. The molecule has 0 bridgehead atoms. The van der Waals surface area contributed by atoms with Crippen molar-refractivity contribution in [2.24, 2.45) is 0 Å². The van der Waals surface area contributed by atoms with E-state index in [-0.39, 0.29) is 18.3 Å². The van der Waals surface area contributed by atoms with Crippen LogP contribution < -0.4 is 5.32 Å². The van der Waals surface area contributed by atoms with Crippen molar-refractivity contribution < 1.29 is 14.3 Å². The van der Waals surface area contributed by atoms with E-state index in [4.69, 9.17) is 0 Å². The fourth-order valence-corrected chi connectivity index (χ4v) is 2.70. The Hall–Kier alpha value is -1.99. The quantitative estimate of drug-likeness (QED) is 0.801. The molecule has 0 saturated carbocycles. The number of carbonyl (C=O) groups is 1. The van der Waals surface area contributed by atoms with Crippen molar-refractivity contribution in [1.82, 2.24) is 20.1 Å². The Morgan fingerprint density at radius 3 is 3.00 bits per heavy atom. The van der Waals surface area contributed by atoms with Crippen molar-refractivity contribution in [3.8, 4) is 0 Å². The summed E-state index contributed by atoms with van der Waals surface area (Å²) in [5.41, 5.74) is 0.751. The number of aromatic nitrogens is 1. The highest BCUT2D eigenvalue weighted by molar-refractivity contribution is 5.96. The van der Waals surface area contributed by atoms with Crippen molar-refractivity contribution in [1.29, 1.82) is 0 Å². The van der Waals surface area contributed by atoms with Crippen LogP contribution in [0.3, 0.4) is 0 Å². The van der Waals surface area contributed by atoms with E-state index in [1.165, 1.54) is 18.3 Å². The molecular weight excluding hydrogens is 275 g/mol. The van der Waals surface area contributed by atoms with Crippen molar-refractivity contribution in [2.75, 3.05) is 20.1 Å². The second-order valence-electron chi connectivity index (χ2n) is 5.32. The lowest BCUT2D eigenvalue weighted by atomic mass is 10.1. The maximum absolute atomic E-state index is 13.8. The molecular formula is C14H17FN4O2. The molecule has 1 aromatic rings. The maximum atomic E-state index is 13.8. The number of hydrogen-bond donors (Lipinski definition) is 2. The van der Waals surface area contributed by atoms with Crippen LogP contribution in [0, 0.1) is 5.82 Å². The molecule has 1 aromatic heterocycles. The number of halogens is 1. The summed E-state index contributed by atoms with van der Waals surface area (Å²) in [5, 5.41) is 12.8. The van der Waals surface area contributed by atoms with Crippen LogP contribution in [0.25, 0.3) is 5.70 Å². The van der Waals surface area contributed by atoms with E-state index in [9.17, 15) is 14.3 Å². The largest absolute Gasteiger partial charge is 0.392 e. The van der Waals surface area contributed by atoms with E-state index >= 15 is 0 Å². The number of rotatable bonds is 2. The summed E-state index contributed by atoms with van der Waals surface area (Å²) in [6.07, 6.45) is 3.88. The van der Waals surface area contributed by atoms with Crippen LogP contribution >= 0.6 is 0 Å². The van der Waals surface area contributed by atoms with Gasteiger partial charge in [0.15, 0.2) is 12.1 Å². The maximum Gasteiger partial charge on any atom is 0.251 e. The Bertz CT molecular complexity index is 592. The van der Waals surface area contributed by atoms with Crippen LogP contribution in [-0.4, -0.2) is 58.3 Å². The molecule has 1 fully saturated rings. The summed E-state index contributed by atoms with van der Waals surface area (Å²) >= 11 is 0. The second kappa shape index (κ2) is 5.42. The highest BCUT2D eigenvalue weighted by atomic mass is 19.1. The van der Waals surface area contributed by atoms with Crippen LogP contribution in [0.5, 0.6) is 0 Å². The molecule has 21 heavy (non-hydrogen) atoms. The first-order valence-electron chi connectivity index (χ1n) is 6.83. The lowest BCUT2D eigenvalue weighted by Crippen LogP contribution is -2.58. The first-order valence-corrected chi connectivity index (χ1v) is 6.83. The van der Waals surface area contributed by atoms with E-state index in [1.807, 2.05) is 4.90 Å². The van der Waals surface area contributed by atoms with Gasteiger partial charge >= 0.3 is 0 Å². The number of likely N-dealkylation sites (N-methyl/N-ethyl adjacent to an activating group) is 1. The highest BCUT2D eigenvalue weighted by Crippen LogP contribution is 2.23. The second-order valence-corrected chi connectivity index (χ2v) is 5.32. The van der Waals surface area contributed by atoms with Crippen molar-refractivity contribution >= 4 is 11.6 Å². The minimum absolute atomic E-state index is 0.202. The van der Waals surface area contributed by atoms with Crippen LogP contribution in [0.4, 0.5) is 4.39 Å². The average molecular weight is 292 g/mol. The van der Waals surface area contributed by atoms with Gasteiger partial charge in [0.2, 0.25) is 0 Å². The van der Waals surface area contributed by atoms with Gasteiger partial charge in [-0.15, -0.1) is 0 Å². The highest BCUT2D eigenvalue weighted by Gasteiger charge is 2.34. The minimum atomic E-state index is -0.478. The lowest BCUT2D eigenvalue weighted by molar-refractivity contribution is -0.131. The fourth-order valence-electron chi connectivity index (χ4n) is 2.70. The topological polar surface area (TPSA) is 68.7 Å². The van der Waals surface area contributed by atoms with Crippen LogP contribution in [0.2, 0.25) is 0 Å². The van der Waals surface area contributed by atoms with Gasteiger partial charge in [0.1, 0.15) is 0 Å². The Morgan fingerprint density at radius 2 is 2.33 bits per heavy atom. The molecule has 0 aliphatic carbocycles. The van der Waals surface area contributed by atoms with Gasteiger partial charge in [0.25, 0.3) is 5.91 Å². The molecule has 0 radical (unpaired) electrons. The zero-order valence-electron chi connectivity index (χ0n) is 11.7. The summed E-state index contributed by atoms with van der Waals surface area (Å²) < 4.78 is 13.8. The number of hydrogen-bond acceptors (Lipinski definition) is 5. The third kappa shape index (κ3) is 2.62. The van der Waals surface area contributed by atoms with E-state index in [0.717, 1.165) is 6.20 Å². The van der Waals surface area contributed by atoms with Crippen molar-refractivity contribution in [3.05, 3.63) is 35.9 Å². The van der Waals surface area contributed by atoms with E-state index in [0.29, 0.717) is 30.8 Å². The van der Waals surface area contributed by atoms with E-state index in [1.54, 1.807) is 11.9 Å². The number of nitrogens with one attached hydrogen (secondary N) is 1. The molecule has 3 heterocycles. The van der Waals surface area contributed by atoms with Crippen molar-refractivity contribution in [3.63, 3.8) is 0 Å². The Morgan fingerprint density at radius 1 is 1.52 bits per heavy atom. The first-order chi connectivity index (χ1) is 10.1. The van der Waals surface area contributed by atoms with Gasteiger partial charge in [-0.3, -0.25) is 14.7 Å². The number of nitrogens with zero attached hydrogens (tertiary/aromatic N) is 3. The number of likely N-dealkylation sites (tertiary alicyclic amines) is 1. The summed E-state index contributed by atoms with van der Waals surface area (Å²) in [5.74, 6) is -0.680. The molecule has 0 spiro atoms. The zero-order valence-corrected chi connectivity index (χ0v) is 11.7. The van der Waals surface area contributed by atoms with Gasteiger partial charge in [-0.2, -0.15) is 0 Å². The molecule has 2 N–H and O–H groups in total. The molecule has 2 atom stereocenters. The average Bonchev–Trinajstić information content (AvgIpc) is 2.89. The third-order valence-electron chi connectivity index (χ3n) is 3.87. The van der Waals surface area contributed by atoms with Gasteiger partial charge in [0.05, 0.1) is 18.0 Å². The predicted molar refractivity (Wildman–Crippen MR) is 74.1 cm³/mol. The molecule has 3 rings (SSSR count). The molecule has 6 nitrogen and oxygen atoms in total. The van der Waals surface area contributed by atoms with Crippen molar-refractivity contribution in [2.45, 2.75) is 18.8 Å². The molecule has 2 aliphatic heterocycles. The molecule has 2 aliphatic rings. The molecule has 112 valence electrons. The lowest BCUT2D eigenvalue weighted by Gasteiger charge is -2.39. The summed E-state index contributed by atoms with van der Waals surface area (Å²) in [6.45, 7) is 1.17. The normalized spacial score (nSPS) is 26.7. The third-order valence-corrected chi connectivity index (χ3v) is 3.87.